The maximum Gasteiger partial charge on any atom is 0.144 e. The lowest BCUT2D eigenvalue weighted by Crippen LogP contribution is -1.91. The number of rotatable bonds is 4. The van der Waals surface area contributed by atoms with Crippen molar-refractivity contribution in [2.24, 2.45) is 0 Å². The van der Waals surface area contributed by atoms with Crippen LogP contribution in [0.4, 0.5) is 0 Å². The fraction of sp³-hybridized carbons (Fsp3) is 0. The fourth-order valence-electron chi connectivity index (χ4n) is 9.11. The van der Waals surface area contributed by atoms with Crippen LogP contribution in [-0.2, 0) is 0 Å². The molecular formula is C54H32O2. The quantitative estimate of drug-likeness (QED) is 0.170. The molecule has 0 radical (unpaired) electrons. The number of hydrogen-bond acceptors (Lipinski definition) is 2. The Kier molecular flexibility index (Phi) is 6.66. The lowest BCUT2D eigenvalue weighted by Gasteiger charge is -2.18. The summed E-state index contributed by atoms with van der Waals surface area (Å²) in [5.41, 5.74) is 12.9. The van der Waals surface area contributed by atoms with E-state index in [0.717, 1.165) is 60.6 Å². The zero-order valence-corrected chi connectivity index (χ0v) is 30.3. The van der Waals surface area contributed by atoms with Crippen molar-refractivity contribution >= 4 is 76.2 Å². The molecule has 2 heterocycles. The first kappa shape index (κ1) is 31.0. The van der Waals surface area contributed by atoms with Gasteiger partial charge in [0, 0.05) is 27.1 Å². The van der Waals surface area contributed by atoms with Crippen molar-refractivity contribution in [2.75, 3.05) is 0 Å². The number of fused-ring (bicyclic) bond motifs is 10. The van der Waals surface area contributed by atoms with Crippen molar-refractivity contribution in [1.29, 1.82) is 0 Å². The van der Waals surface area contributed by atoms with Crippen LogP contribution in [0.5, 0.6) is 0 Å². The van der Waals surface area contributed by atoms with Crippen molar-refractivity contribution in [1.82, 2.24) is 0 Å². The summed E-state index contributed by atoms with van der Waals surface area (Å²) in [5.74, 6) is 0. The third kappa shape index (κ3) is 4.63. The predicted octanol–water partition coefficient (Wildman–Crippen LogP) is 15.6. The standard InChI is InChI=1S/C54H32O2/c1-3-13-33(14-4-1)35-23-24-37-30-38(26-25-36(37)29-35)50-40-17-7-9-19-42(40)51(43-20-10-8-18-41(43)50)39-27-28-48-46(31-39)52-49(55-48)32-45(34-15-5-2-6-16-34)54-53(52)44-21-11-12-22-47(44)56-54/h1-32H. The molecular weight excluding hydrogens is 681 g/mol. The molecule has 2 aromatic heterocycles. The summed E-state index contributed by atoms with van der Waals surface area (Å²) >= 11 is 0. The fourth-order valence-corrected chi connectivity index (χ4v) is 9.11. The molecule has 0 atom stereocenters. The SMILES string of the molecule is c1ccc(-c2ccc3cc(-c4c5ccccc5c(-c5ccc6oc7cc(-c8ccccc8)c8oc9ccccc9c8c7c6c5)c5ccccc45)ccc3c2)cc1. The van der Waals surface area contributed by atoms with Gasteiger partial charge in [-0.2, -0.15) is 0 Å². The Morgan fingerprint density at radius 2 is 0.768 bits per heavy atom. The van der Waals surface area contributed by atoms with Gasteiger partial charge < -0.3 is 8.83 Å². The van der Waals surface area contributed by atoms with E-state index in [-0.39, 0.29) is 0 Å². The zero-order chi connectivity index (χ0) is 36.7. The molecule has 0 N–H and O–H groups in total. The van der Waals surface area contributed by atoms with Gasteiger partial charge in [0.2, 0.25) is 0 Å². The van der Waals surface area contributed by atoms with Crippen LogP contribution in [0.3, 0.4) is 0 Å². The first-order chi connectivity index (χ1) is 27.8. The van der Waals surface area contributed by atoms with Crippen LogP contribution in [0.25, 0.3) is 121 Å². The van der Waals surface area contributed by atoms with Gasteiger partial charge in [-0.15, -0.1) is 0 Å². The molecule has 0 bridgehead atoms. The van der Waals surface area contributed by atoms with Crippen molar-refractivity contribution in [3.8, 4) is 44.5 Å². The van der Waals surface area contributed by atoms with Gasteiger partial charge in [-0.25, -0.2) is 0 Å². The Morgan fingerprint density at radius 1 is 0.268 bits per heavy atom. The first-order valence-electron chi connectivity index (χ1n) is 19.2. The highest BCUT2D eigenvalue weighted by Gasteiger charge is 2.22. The topological polar surface area (TPSA) is 26.3 Å². The molecule has 0 unspecified atom stereocenters. The van der Waals surface area contributed by atoms with E-state index in [1.54, 1.807) is 0 Å². The molecule has 10 aromatic carbocycles. The van der Waals surface area contributed by atoms with Crippen molar-refractivity contribution in [3.63, 3.8) is 0 Å². The van der Waals surface area contributed by atoms with Crippen LogP contribution in [0.2, 0.25) is 0 Å². The minimum absolute atomic E-state index is 0.854. The summed E-state index contributed by atoms with van der Waals surface area (Å²) in [6.45, 7) is 0. The number of furan rings is 2. The average Bonchev–Trinajstić information content (AvgIpc) is 3.83. The Labute approximate surface area is 322 Å². The molecule has 2 heteroatoms. The van der Waals surface area contributed by atoms with Crippen LogP contribution in [0.15, 0.2) is 203 Å². The summed E-state index contributed by atoms with van der Waals surface area (Å²) < 4.78 is 13.4. The highest BCUT2D eigenvalue weighted by Crippen LogP contribution is 2.48. The lowest BCUT2D eigenvalue weighted by molar-refractivity contribution is 0.664. The summed E-state index contributed by atoms with van der Waals surface area (Å²) in [7, 11) is 0. The molecule has 12 aromatic rings. The molecule has 0 aliphatic heterocycles. The van der Waals surface area contributed by atoms with Gasteiger partial charge >= 0.3 is 0 Å². The molecule has 0 spiro atoms. The van der Waals surface area contributed by atoms with E-state index in [1.807, 2.05) is 12.1 Å². The summed E-state index contributed by atoms with van der Waals surface area (Å²) in [4.78, 5) is 0. The second-order valence-electron chi connectivity index (χ2n) is 14.8. The van der Waals surface area contributed by atoms with Gasteiger partial charge in [-0.1, -0.05) is 158 Å². The van der Waals surface area contributed by atoms with E-state index in [9.17, 15) is 0 Å². The lowest BCUT2D eigenvalue weighted by atomic mass is 9.85. The molecule has 2 nitrogen and oxygen atoms in total. The molecule has 0 aliphatic rings. The summed E-state index contributed by atoms with van der Waals surface area (Å²) in [6, 6.07) is 69.7. The Bertz CT molecular complexity index is 3460. The zero-order valence-electron chi connectivity index (χ0n) is 30.3. The minimum atomic E-state index is 0.854. The highest BCUT2D eigenvalue weighted by atomic mass is 16.3. The van der Waals surface area contributed by atoms with E-state index in [0.29, 0.717) is 0 Å². The highest BCUT2D eigenvalue weighted by molar-refractivity contribution is 6.29. The second-order valence-corrected chi connectivity index (χ2v) is 14.8. The summed E-state index contributed by atoms with van der Waals surface area (Å²) in [5, 5.41) is 11.7. The Morgan fingerprint density at radius 3 is 1.43 bits per heavy atom. The largest absolute Gasteiger partial charge is 0.456 e. The third-order valence-corrected chi connectivity index (χ3v) is 11.6. The normalized spacial score (nSPS) is 11.9. The van der Waals surface area contributed by atoms with Crippen LogP contribution in [0.1, 0.15) is 0 Å². The number of benzene rings is 10. The van der Waals surface area contributed by atoms with Crippen LogP contribution >= 0.6 is 0 Å². The molecule has 260 valence electrons. The molecule has 0 amide bonds. The Balaban J connectivity index is 1.10. The van der Waals surface area contributed by atoms with E-state index in [2.05, 4.69) is 182 Å². The van der Waals surface area contributed by atoms with Gasteiger partial charge in [0.15, 0.2) is 0 Å². The average molecular weight is 713 g/mol. The van der Waals surface area contributed by atoms with Crippen molar-refractivity contribution < 1.29 is 8.83 Å². The molecule has 0 saturated heterocycles. The maximum absolute atomic E-state index is 6.71. The number of hydrogen-bond donors (Lipinski definition) is 0. The van der Waals surface area contributed by atoms with E-state index >= 15 is 0 Å². The molecule has 12 rings (SSSR count). The third-order valence-electron chi connectivity index (χ3n) is 11.6. The smallest absolute Gasteiger partial charge is 0.144 e. The van der Waals surface area contributed by atoms with Crippen LogP contribution < -0.4 is 0 Å². The van der Waals surface area contributed by atoms with Crippen LogP contribution in [0, 0.1) is 0 Å². The van der Waals surface area contributed by atoms with Crippen molar-refractivity contribution in [2.45, 2.75) is 0 Å². The predicted molar refractivity (Wildman–Crippen MR) is 235 cm³/mol. The van der Waals surface area contributed by atoms with Gasteiger partial charge in [0.05, 0.1) is 0 Å². The molecule has 0 aliphatic carbocycles. The van der Waals surface area contributed by atoms with E-state index < -0.39 is 0 Å². The summed E-state index contributed by atoms with van der Waals surface area (Å²) in [6.07, 6.45) is 0. The van der Waals surface area contributed by atoms with Crippen molar-refractivity contribution in [3.05, 3.63) is 194 Å². The molecule has 56 heavy (non-hydrogen) atoms. The maximum atomic E-state index is 6.71. The van der Waals surface area contributed by atoms with Gasteiger partial charge in [0.25, 0.3) is 0 Å². The van der Waals surface area contributed by atoms with Gasteiger partial charge in [-0.3, -0.25) is 0 Å². The molecule has 0 saturated carbocycles. The van der Waals surface area contributed by atoms with Gasteiger partial charge in [0.1, 0.15) is 22.3 Å². The molecule has 0 fully saturated rings. The number of para-hydroxylation sites is 1. The monoisotopic (exact) mass is 712 g/mol. The van der Waals surface area contributed by atoms with E-state index in [4.69, 9.17) is 8.83 Å². The Hall–Kier alpha value is -7.42. The van der Waals surface area contributed by atoms with Crippen LogP contribution in [-0.4, -0.2) is 0 Å². The first-order valence-corrected chi connectivity index (χ1v) is 19.2. The minimum Gasteiger partial charge on any atom is -0.456 e. The van der Waals surface area contributed by atoms with E-state index in [1.165, 1.54) is 60.1 Å². The van der Waals surface area contributed by atoms with Gasteiger partial charge in [-0.05, 0) is 108 Å². The second kappa shape index (κ2) is 12.0.